The number of sulfone groups is 1. The number of fused-ring (bicyclic) bond motifs is 2. The van der Waals surface area contributed by atoms with Crippen LogP contribution in [-0.2, 0) is 26.0 Å². The van der Waals surface area contributed by atoms with Crippen LogP contribution in [0.4, 0.5) is 5.69 Å². The molecule has 1 aliphatic heterocycles. The second-order valence-corrected chi connectivity index (χ2v) is 19.3. The first kappa shape index (κ1) is 42.9. The summed E-state index contributed by atoms with van der Waals surface area (Å²) in [5, 5.41) is 29.2. The summed E-state index contributed by atoms with van der Waals surface area (Å²) in [6.45, 7) is 8.74. The zero-order valence-electron chi connectivity index (χ0n) is 34.0. The summed E-state index contributed by atoms with van der Waals surface area (Å²) in [4.78, 5) is 38.1. The van der Waals surface area contributed by atoms with Gasteiger partial charge in [-0.2, -0.15) is 5.06 Å². The van der Waals surface area contributed by atoms with Gasteiger partial charge < -0.3 is 35.4 Å². The van der Waals surface area contributed by atoms with Crippen LogP contribution < -0.4 is 20.3 Å². The van der Waals surface area contributed by atoms with Gasteiger partial charge >= 0.3 is 0 Å². The number of aliphatic hydroxyl groups excluding tert-OH is 2. The van der Waals surface area contributed by atoms with Crippen molar-refractivity contribution in [3.63, 3.8) is 0 Å². The molecule has 306 valence electrons. The van der Waals surface area contributed by atoms with E-state index in [1.165, 1.54) is 12.7 Å². The number of nitrogens with one attached hydrogen (secondary N) is 2. The maximum Gasteiger partial charge on any atom is 0.251 e. The molecule has 1 saturated heterocycles. The van der Waals surface area contributed by atoms with E-state index < -0.39 is 34.0 Å². The Morgan fingerprint density at radius 2 is 1.78 bits per heavy atom. The van der Waals surface area contributed by atoms with Crippen LogP contribution in [0.5, 0.6) is 5.75 Å². The second-order valence-electron chi connectivity index (χ2n) is 17.0. The molecule has 0 spiro atoms. The first-order chi connectivity index (χ1) is 25.8. The summed E-state index contributed by atoms with van der Waals surface area (Å²) >= 11 is 0. The number of benzene rings is 2. The van der Waals surface area contributed by atoms with Gasteiger partial charge in [-0.05, 0) is 94.6 Å². The number of carbonyl (C=O) groups is 2. The van der Waals surface area contributed by atoms with Crippen LogP contribution in [0.15, 0.2) is 36.4 Å². The van der Waals surface area contributed by atoms with E-state index in [0.717, 1.165) is 35.2 Å². The first-order valence-electron chi connectivity index (χ1n) is 19.6. The van der Waals surface area contributed by atoms with Gasteiger partial charge in [0.15, 0.2) is 0 Å². The van der Waals surface area contributed by atoms with Crippen LogP contribution in [-0.4, -0.2) is 131 Å². The molecular formula is C41H63N5O8S. The average Bonchev–Trinajstić information content (AvgIpc) is 3.49. The largest absolute Gasteiger partial charge is 0.493 e. The van der Waals surface area contributed by atoms with Crippen molar-refractivity contribution >= 4 is 27.3 Å². The number of ether oxygens (including phenoxy) is 1. The lowest BCUT2D eigenvalue weighted by Gasteiger charge is -2.59. The van der Waals surface area contributed by atoms with Gasteiger partial charge in [0, 0.05) is 67.3 Å². The number of rotatable bonds is 17. The van der Waals surface area contributed by atoms with Crippen LogP contribution in [0.2, 0.25) is 0 Å². The summed E-state index contributed by atoms with van der Waals surface area (Å²) in [6, 6.07) is 10.1. The maximum atomic E-state index is 14.2. The Bertz CT molecular complexity index is 1770. The summed E-state index contributed by atoms with van der Waals surface area (Å²) in [5.74, 6) is 0.446. The lowest BCUT2D eigenvalue weighted by atomic mass is 9.48. The fourth-order valence-electron chi connectivity index (χ4n) is 8.84. The molecule has 1 heterocycles. The van der Waals surface area contributed by atoms with E-state index in [0.29, 0.717) is 41.7 Å². The van der Waals surface area contributed by atoms with Crippen molar-refractivity contribution in [2.75, 3.05) is 64.9 Å². The Morgan fingerprint density at radius 3 is 2.35 bits per heavy atom. The van der Waals surface area contributed by atoms with E-state index in [1.54, 1.807) is 24.1 Å². The highest BCUT2D eigenvalue weighted by molar-refractivity contribution is 7.90. The molecule has 8 atom stereocenters. The van der Waals surface area contributed by atoms with Crippen LogP contribution >= 0.6 is 0 Å². The molecular weight excluding hydrogens is 723 g/mol. The Hall–Kier alpha value is -3.27. The van der Waals surface area contributed by atoms with E-state index in [9.17, 15) is 28.2 Å². The van der Waals surface area contributed by atoms with Crippen molar-refractivity contribution in [1.82, 2.24) is 20.6 Å². The van der Waals surface area contributed by atoms with Crippen LogP contribution in [0.25, 0.3) is 11.1 Å². The average molecular weight is 786 g/mol. The molecule has 2 aromatic rings. The molecule has 1 unspecified atom stereocenters. The predicted octanol–water partition coefficient (Wildman–Crippen LogP) is 3.33. The Balaban J connectivity index is 1.46. The van der Waals surface area contributed by atoms with Crippen molar-refractivity contribution in [2.45, 2.75) is 90.3 Å². The lowest BCUT2D eigenvalue weighted by Crippen LogP contribution is -2.58. The van der Waals surface area contributed by atoms with Crippen molar-refractivity contribution in [3.8, 4) is 16.9 Å². The number of hydrogen-bond acceptors (Lipinski definition) is 11. The molecule has 13 nitrogen and oxygen atoms in total. The fraction of sp³-hybridized carbons (Fsp3) is 0.659. The third kappa shape index (κ3) is 10.0. The van der Waals surface area contributed by atoms with Gasteiger partial charge in [0.05, 0.1) is 31.6 Å². The monoisotopic (exact) mass is 785 g/mol. The minimum Gasteiger partial charge on any atom is -0.493 e. The normalized spacial score (nSPS) is 25.9. The van der Waals surface area contributed by atoms with E-state index in [4.69, 9.17) is 9.57 Å². The molecule has 2 amide bonds. The number of amides is 2. The van der Waals surface area contributed by atoms with Gasteiger partial charge in [-0.15, -0.1) is 0 Å². The molecule has 4 aliphatic rings. The Morgan fingerprint density at radius 1 is 1.09 bits per heavy atom. The topological polar surface area (TPSA) is 161 Å². The number of nitrogens with zero attached hydrogens (tertiary/aromatic N) is 3. The predicted molar refractivity (Wildman–Crippen MR) is 215 cm³/mol. The van der Waals surface area contributed by atoms with Crippen molar-refractivity contribution in [1.29, 1.82) is 0 Å². The molecule has 3 aliphatic carbocycles. The summed E-state index contributed by atoms with van der Waals surface area (Å²) in [7, 11) is 4.32. The SMILES string of the molecule is CCOc1c(CN2O[C@@H](CO)[C@@H]([C@H](C)O)[C@H]2C(=O)NC2C[C@@H]3C[C@H](C2)C3(C)C)cccc1-c1cc(C(=O)N[C@@H](CCS(C)(=O)=O)CN(C)C)cc(N(C)C)c1. The zero-order valence-corrected chi connectivity index (χ0v) is 34.9. The highest BCUT2D eigenvalue weighted by Gasteiger charge is 2.54. The van der Waals surface area contributed by atoms with Crippen LogP contribution in [0, 0.1) is 23.2 Å². The van der Waals surface area contributed by atoms with E-state index in [1.807, 2.05) is 69.2 Å². The van der Waals surface area contributed by atoms with Gasteiger partial charge in [0.1, 0.15) is 27.7 Å². The molecule has 6 rings (SSSR count). The van der Waals surface area contributed by atoms with Crippen molar-refractivity contribution < 1.29 is 37.8 Å². The molecule has 55 heavy (non-hydrogen) atoms. The first-order valence-corrected chi connectivity index (χ1v) is 21.6. The summed E-state index contributed by atoms with van der Waals surface area (Å²) in [6.07, 6.45) is 2.82. The molecule has 4 N–H and O–H groups in total. The minimum absolute atomic E-state index is 0.0423. The lowest BCUT2D eigenvalue weighted by molar-refractivity contribution is -0.182. The van der Waals surface area contributed by atoms with E-state index >= 15 is 0 Å². The smallest absolute Gasteiger partial charge is 0.251 e. The highest BCUT2D eigenvalue weighted by Crippen LogP contribution is 2.59. The molecule has 2 aromatic carbocycles. The molecule has 2 bridgehead atoms. The molecule has 0 aromatic heterocycles. The standard InChI is InChI=1S/C41H63N5O8S/c1-10-53-38-26(22-46-37(36(25(2)48)35(24-47)54-46)40(50)43-32-20-29-19-30(21-32)41(29,3)4)12-11-13-34(38)27-16-28(18-33(17-27)45(7)8)39(49)42-31(23-44(5)6)14-15-55(9,51)52/h11-13,16-18,25,29-32,35-37,47-48H,10,14-15,19-24H2,1-9H3,(H,42,49)(H,43,50)/t25-,29-,30+,31-,32?,35-,36+,37-/m0/s1. The highest BCUT2D eigenvalue weighted by atomic mass is 32.2. The molecule has 4 fully saturated rings. The van der Waals surface area contributed by atoms with Crippen LogP contribution in [0.3, 0.4) is 0 Å². The quantitative estimate of drug-likeness (QED) is 0.186. The number of hydroxylamine groups is 2. The van der Waals surface area contributed by atoms with Gasteiger partial charge in [-0.3, -0.25) is 14.4 Å². The van der Waals surface area contributed by atoms with Crippen molar-refractivity contribution in [2.24, 2.45) is 23.2 Å². The Labute approximate surface area is 327 Å². The van der Waals surface area contributed by atoms with E-state index in [-0.39, 0.29) is 49.2 Å². The number of aliphatic hydroxyl groups is 2. The van der Waals surface area contributed by atoms with Gasteiger partial charge in [-0.1, -0.05) is 32.0 Å². The maximum absolute atomic E-state index is 14.2. The second kappa shape index (κ2) is 17.5. The number of carbonyl (C=O) groups excluding carboxylic acids is 2. The summed E-state index contributed by atoms with van der Waals surface area (Å²) < 4.78 is 30.3. The minimum atomic E-state index is -3.22. The number of likely N-dealkylation sites (N-methyl/N-ethyl adjacent to an activating group) is 1. The number of para-hydroxylation sites is 1. The molecule has 0 radical (unpaired) electrons. The number of hydrogen-bond donors (Lipinski definition) is 4. The Kier molecular flexibility index (Phi) is 13.6. The summed E-state index contributed by atoms with van der Waals surface area (Å²) in [5.41, 5.74) is 3.67. The zero-order chi connectivity index (χ0) is 40.4. The van der Waals surface area contributed by atoms with E-state index in [2.05, 4.69) is 24.5 Å². The van der Waals surface area contributed by atoms with Crippen molar-refractivity contribution in [3.05, 3.63) is 47.5 Å². The molecule has 14 heteroatoms. The van der Waals surface area contributed by atoms with Gasteiger partial charge in [-0.25, -0.2) is 8.42 Å². The van der Waals surface area contributed by atoms with Gasteiger partial charge in [0.2, 0.25) is 5.91 Å². The third-order valence-corrected chi connectivity index (χ3v) is 13.0. The van der Waals surface area contributed by atoms with Gasteiger partial charge in [0.25, 0.3) is 5.91 Å². The molecule has 3 saturated carbocycles. The fourth-order valence-corrected chi connectivity index (χ4v) is 9.55. The number of anilines is 1. The third-order valence-electron chi connectivity index (χ3n) is 12.0. The van der Waals surface area contributed by atoms with Crippen LogP contribution in [0.1, 0.15) is 69.3 Å².